The largest absolute Gasteiger partial charge is 0.354 e. The molecule has 1 aliphatic rings. The predicted octanol–water partition coefficient (Wildman–Crippen LogP) is 4.45. The maximum absolute atomic E-state index is 14.2. The van der Waals surface area contributed by atoms with E-state index in [1.165, 1.54) is 36.1 Å². The van der Waals surface area contributed by atoms with Gasteiger partial charge in [-0.05, 0) is 55.2 Å². The van der Waals surface area contributed by atoms with E-state index in [1.807, 2.05) is 0 Å². The van der Waals surface area contributed by atoms with E-state index in [-0.39, 0.29) is 30.4 Å². The molecule has 4 rings (SSSR count). The number of carbonyl (C=O) groups excluding carboxylic acids is 3. The first kappa shape index (κ1) is 25.3. The number of rotatable bonds is 7. The number of anilines is 1. The number of carbonyl (C=O) groups is 3. The molecule has 0 radical (unpaired) electrons. The number of fused-ring (bicyclic) bond motifs is 3. The van der Waals surface area contributed by atoms with Crippen LogP contribution in [0.25, 0.3) is 10.9 Å². The molecule has 190 valence electrons. The van der Waals surface area contributed by atoms with Gasteiger partial charge in [-0.15, -0.1) is 0 Å². The second kappa shape index (κ2) is 9.72. The molecule has 0 bridgehead atoms. The molecule has 0 fully saturated rings. The van der Waals surface area contributed by atoms with Gasteiger partial charge in [-0.2, -0.15) is 0 Å². The summed E-state index contributed by atoms with van der Waals surface area (Å²) in [5.74, 6) is -1.76. The molecule has 0 aliphatic carbocycles. The second-order valence-corrected chi connectivity index (χ2v) is 9.88. The van der Waals surface area contributed by atoms with Gasteiger partial charge in [-0.3, -0.25) is 14.4 Å². The van der Waals surface area contributed by atoms with E-state index >= 15 is 0 Å². The normalized spacial score (nSPS) is 17.4. The van der Waals surface area contributed by atoms with Gasteiger partial charge in [0.2, 0.25) is 11.8 Å². The van der Waals surface area contributed by atoms with Crippen molar-refractivity contribution in [1.82, 2.24) is 14.8 Å². The van der Waals surface area contributed by atoms with E-state index in [4.69, 9.17) is 0 Å². The molecule has 0 saturated heterocycles. The average molecular weight is 497 g/mol. The first-order chi connectivity index (χ1) is 17.0. The summed E-state index contributed by atoms with van der Waals surface area (Å²) in [5.41, 5.74) is 0.242. The highest BCUT2D eigenvalue weighted by Gasteiger charge is 2.49. The van der Waals surface area contributed by atoms with Crippen LogP contribution in [0, 0.1) is 17.6 Å². The molecule has 1 aromatic heterocycles. The van der Waals surface area contributed by atoms with E-state index in [0.717, 1.165) is 6.42 Å². The van der Waals surface area contributed by atoms with Crippen LogP contribution in [-0.2, 0) is 22.7 Å². The fourth-order valence-corrected chi connectivity index (χ4v) is 4.64. The lowest BCUT2D eigenvalue weighted by atomic mass is 9.93. The van der Waals surface area contributed by atoms with Gasteiger partial charge in [0.25, 0.3) is 5.91 Å². The molecule has 2 N–H and O–H groups in total. The van der Waals surface area contributed by atoms with Gasteiger partial charge >= 0.3 is 0 Å². The Hall–Kier alpha value is -3.75. The van der Waals surface area contributed by atoms with Crippen LogP contribution >= 0.6 is 0 Å². The Morgan fingerprint density at radius 1 is 1.08 bits per heavy atom. The number of halogens is 2. The minimum atomic E-state index is -1.30. The van der Waals surface area contributed by atoms with Crippen LogP contribution in [0.4, 0.5) is 14.5 Å². The first-order valence-electron chi connectivity index (χ1n) is 12.0. The lowest BCUT2D eigenvalue weighted by molar-refractivity contribution is -0.133. The van der Waals surface area contributed by atoms with Crippen LogP contribution in [-0.4, -0.2) is 39.3 Å². The van der Waals surface area contributed by atoms with Crippen LogP contribution in [0.2, 0.25) is 0 Å². The number of nitrogens with one attached hydrogen (secondary N) is 2. The molecule has 2 aromatic carbocycles. The lowest BCUT2D eigenvalue weighted by Gasteiger charge is -2.44. The van der Waals surface area contributed by atoms with Crippen molar-refractivity contribution in [3.63, 3.8) is 0 Å². The highest BCUT2D eigenvalue weighted by molar-refractivity contribution is 6.14. The Morgan fingerprint density at radius 3 is 2.39 bits per heavy atom. The van der Waals surface area contributed by atoms with Crippen molar-refractivity contribution < 1.29 is 23.2 Å². The van der Waals surface area contributed by atoms with Crippen LogP contribution < -0.4 is 10.6 Å². The van der Waals surface area contributed by atoms with Crippen molar-refractivity contribution in [3.8, 4) is 0 Å². The lowest BCUT2D eigenvalue weighted by Crippen LogP contribution is -2.63. The highest BCUT2D eigenvalue weighted by Crippen LogP contribution is 2.39. The van der Waals surface area contributed by atoms with Crippen molar-refractivity contribution in [2.24, 2.45) is 5.92 Å². The second-order valence-electron chi connectivity index (χ2n) is 9.88. The Labute approximate surface area is 208 Å². The third kappa shape index (κ3) is 4.69. The summed E-state index contributed by atoms with van der Waals surface area (Å²) in [4.78, 5) is 41.1. The summed E-state index contributed by atoms with van der Waals surface area (Å²) < 4.78 is 29.4. The fraction of sp³-hybridized carbons (Fsp3) is 0.370. The number of hydrogen-bond donors (Lipinski definition) is 2. The summed E-state index contributed by atoms with van der Waals surface area (Å²) >= 11 is 0. The summed E-state index contributed by atoms with van der Waals surface area (Å²) in [5, 5.41) is 6.02. The molecule has 3 aromatic rings. The summed E-state index contributed by atoms with van der Waals surface area (Å²) in [6, 6.07) is 9.81. The van der Waals surface area contributed by atoms with E-state index < -0.39 is 29.0 Å². The molecule has 7 nitrogen and oxygen atoms in total. The maximum Gasteiger partial charge on any atom is 0.273 e. The van der Waals surface area contributed by atoms with E-state index in [2.05, 4.69) is 24.5 Å². The minimum Gasteiger partial charge on any atom is -0.354 e. The van der Waals surface area contributed by atoms with E-state index in [9.17, 15) is 23.2 Å². The third-order valence-electron chi connectivity index (χ3n) is 6.59. The third-order valence-corrected chi connectivity index (χ3v) is 6.59. The SMILES string of the molecule is CC(=O)Nc1c2n(c3ccc(F)cc13)C[C@](C)(C(=O)NCCC(C)C)N(Cc1ccc(F)cc1)C2=O. The van der Waals surface area contributed by atoms with Crippen LogP contribution in [0.1, 0.15) is 50.2 Å². The van der Waals surface area contributed by atoms with E-state index in [1.54, 1.807) is 29.7 Å². The molecule has 2 heterocycles. The number of amides is 3. The van der Waals surface area contributed by atoms with Crippen molar-refractivity contribution in [1.29, 1.82) is 0 Å². The zero-order valence-electron chi connectivity index (χ0n) is 20.8. The van der Waals surface area contributed by atoms with Crippen LogP contribution in [0.5, 0.6) is 0 Å². The number of benzene rings is 2. The Balaban J connectivity index is 1.85. The molecule has 0 saturated carbocycles. The highest BCUT2D eigenvalue weighted by atomic mass is 19.1. The molecule has 1 atom stereocenters. The quantitative estimate of drug-likeness (QED) is 0.507. The molecule has 3 amide bonds. The van der Waals surface area contributed by atoms with Gasteiger partial charge < -0.3 is 20.1 Å². The molecule has 0 spiro atoms. The molecule has 9 heteroatoms. The van der Waals surface area contributed by atoms with Gasteiger partial charge in [-0.25, -0.2) is 8.78 Å². The van der Waals surface area contributed by atoms with Crippen molar-refractivity contribution in [2.75, 3.05) is 11.9 Å². The monoisotopic (exact) mass is 496 g/mol. The molecule has 0 unspecified atom stereocenters. The summed E-state index contributed by atoms with van der Waals surface area (Å²) in [6.45, 7) is 7.69. The topological polar surface area (TPSA) is 83.4 Å². The predicted molar refractivity (Wildman–Crippen MR) is 133 cm³/mol. The van der Waals surface area contributed by atoms with Gasteiger partial charge in [0.05, 0.1) is 17.7 Å². The van der Waals surface area contributed by atoms with Crippen LogP contribution in [0.3, 0.4) is 0 Å². The standard InChI is InChI=1S/C27H30F2N4O3/c1-16(2)11-12-30-26(36)27(4)15-32-22-10-9-20(29)13-21(22)23(31-17(3)34)24(32)25(35)33(27)14-18-5-7-19(28)8-6-18/h5-10,13,16H,11-12,14-15H2,1-4H3,(H,30,36)(H,31,34)/t27-/m1/s1. The smallest absolute Gasteiger partial charge is 0.273 e. The number of hydrogen-bond acceptors (Lipinski definition) is 3. The molecule has 36 heavy (non-hydrogen) atoms. The Bertz CT molecular complexity index is 1330. The molecular formula is C27H30F2N4O3. The van der Waals surface area contributed by atoms with Crippen molar-refractivity contribution in [2.45, 2.75) is 52.7 Å². The Morgan fingerprint density at radius 2 is 1.75 bits per heavy atom. The van der Waals surface area contributed by atoms with Crippen molar-refractivity contribution >= 4 is 34.3 Å². The zero-order chi connectivity index (χ0) is 26.2. The van der Waals surface area contributed by atoms with Crippen molar-refractivity contribution in [3.05, 3.63) is 65.4 Å². The van der Waals surface area contributed by atoms with Gasteiger partial charge in [-0.1, -0.05) is 26.0 Å². The Kier molecular flexibility index (Phi) is 6.84. The van der Waals surface area contributed by atoms with Gasteiger partial charge in [0.15, 0.2) is 0 Å². The summed E-state index contributed by atoms with van der Waals surface area (Å²) in [7, 11) is 0. The first-order valence-corrected chi connectivity index (χ1v) is 12.0. The zero-order valence-corrected chi connectivity index (χ0v) is 20.8. The fourth-order valence-electron chi connectivity index (χ4n) is 4.64. The molecular weight excluding hydrogens is 466 g/mol. The minimum absolute atomic E-state index is 0.0443. The van der Waals surface area contributed by atoms with E-state index in [0.29, 0.717) is 28.9 Å². The summed E-state index contributed by atoms with van der Waals surface area (Å²) in [6.07, 6.45) is 0.775. The van der Waals surface area contributed by atoms with Gasteiger partial charge in [0.1, 0.15) is 22.9 Å². The molecule has 1 aliphatic heterocycles. The number of nitrogens with zero attached hydrogens (tertiary/aromatic N) is 2. The number of aromatic nitrogens is 1. The van der Waals surface area contributed by atoms with Crippen LogP contribution in [0.15, 0.2) is 42.5 Å². The van der Waals surface area contributed by atoms with Gasteiger partial charge in [0, 0.05) is 25.4 Å². The maximum atomic E-state index is 14.2. The average Bonchev–Trinajstić information content (AvgIpc) is 3.09.